The average Bonchev–Trinajstić information content (AvgIpc) is 2.40. The van der Waals surface area contributed by atoms with E-state index in [9.17, 15) is 4.79 Å². The Hall–Kier alpha value is -1.55. The first-order valence-corrected chi connectivity index (χ1v) is 7.68. The van der Waals surface area contributed by atoms with E-state index in [4.69, 9.17) is 4.74 Å². The number of nitrogens with zero attached hydrogens (tertiary/aromatic N) is 1. The molecule has 21 heavy (non-hydrogen) atoms. The van der Waals surface area contributed by atoms with Crippen molar-refractivity contribution in [1.82, 2.24) is 10.2 Å². The molecule has 0 bridgehead atoms. The number of ether oxygens (including phenoxy) is 1. The standard InChI is InChI=1S/C17H26N2O2/c1-12-9-13(2)11-16(10-12)21-14(3)17(20)18-15-5-7-19(4)8-6-15/h9-11,14-15H,5-8H2,1-4H3,(H,18,20)/t14-/m1/s1. The summed E-state index contributed by atoms with van der Waals surface area (Å²) in [4.78, 5) is 14.5. The Kier molecular flexibility index (Phi) is 5.23. The molecule has 1 atom stereocenters. The van der Waals surface area contributed by atoms with Gasteiger partial charge in [-0.2, -0.15) is 0 Å². The summed E-state index contributed by atoms with van der Waals surface area (Å²) in [5, 5.41) is 3.10. The summed E-state index contributed by atoms with van der Waals surface area (Å²) in [6, 6.07) is 6.30. The Morgan fingerprint density at radius 3 is 2.38 bits per heavy atom. The van der Waals surface area contributed by atoms with Gasteiger partial charge in [0, 0.05) is 6.04 Å². The highest BCUT2D eigenvalue weighted by Crippen LogP contribution is 2.18. The second-order valence-electron chi connectivity index (χ2n) is 6.17. The van der Waals surface area contributed by atoms with Crippen LogP contribution in [0.5, 0.6) is 5.75 Å². The minimum Gasteiger partial charge on any atom is -0.481 e. The molecule has 0 saturated carbocycles. The lowest BCUT2D eigenvalue weighted by atomic mass is 10.1. The third kappa shape index (κ3) is 4.74. The number of amides is 1. The van der Waals surface area contributed by atoms with E-state index in [0.29, 0.717) is 0 Å². The predicted molar refractivity (Wildman–Crippen MR) is 84.7 cm³/mol. The predicted octanol–water partition coefficient (Wildman–Crippen LogP) is 2.28. The maximum Gasteiger partial charge on any atom is 0.260 e. The van der Waals surface area contributed by atoms with E-state index >= 15 is 0 Å². The molecule has 0 aliphatic carbocycles. The van der Waals surface area contributed by atoms with E-state index in [1.54, 1.807) is 0 Å². The molecule has 0 aromatic heterocycles. The molecule has 1 amide bonds. The smallest absolute Gasteiger partial charge is 0.260 e. The van der Waals surface area contributed by atoms with Gasteiger partial charge in [-0.15, -0.1) is 0 Å². The molecule has 0 unspecified atom stereocenters. The van der Waals surface area contributed by atoms with Crippen LogP contribution in [0, 0.1) is 13.8 Å². The van der Waals surface area contributed by atoms with Gasteiger partial charge in [0.1, 0.15) is 5.75 Å². The van der Waals surface area contributed by atoms with Crippen molar-refractivity contribution in [3.05, 3.63) is 29.3 Å². The molecule has 1 aliphatic heterocycles. The molecule has 116 valence electrons. The van der Waals surface area contributed by atoms with E-state index < -0.39 is 6.10 Å². The first-order valence-electron chi connectivity index (χ1n) is 7.68. The number of hydrogen-bond donors (Lipinski definition) is 1. The van der Waals surface area contributed by atoms with Crippen molar-refractivity contribution in [2.24, 2.45) is 0 Å². The highest BCUT2D eigenvalue weighted by molar-refractivity contribution is 5.81. The number of carbonyl (C=O) groups excluding carboxylic acids is 1. The fourth-order valence-electron chi connectivity index (χ4n) is 2.73. The van der Waals surface area contributed by atoms with Gasteiger partial charge in [0.15, 0.2) is 6.10 Å². The molecule has 1 aliphatic rings. The van der Waals surface area contributed by atoms with E-state index in [1.807, 2.05) is 32.9 Å². The lowest BCUT2D eigenvalue weighted by Gasteiger charge is -2.30. The molecule has 1 aromatic rings. The molecule has 1 N–H and O–H groups in total. The van der Waals surface area contributed by atoms with Gasteiger partial charge in [-0.1, -0.05) is 6.07 Å². The molecular formula is C17H26N2O2. The lowest BCUT2D eigenvalue weighted by molar-refractivity contribution is -0.128. The molecular weight excluding hydrogens is 264 g/mol. The van der Waals surface area contributed by atoms with Crippen LogP contribution in [0.25, 0.3) is 0 Å². The highest BCUT2D eigenvalue weighted by Gasteiger charge is 2.22. The van der Waals surface area contributed by atoms with Crippen LogP contribution in [0.1, 0.15) is 30.9 Å². The van der Waals surface area contributed by atoms with Gasteiger partial charge in [-0.25, -0.2) is 0 Å². The van der Waals surface area contributed by atoms with Gasteiger partial charge in [0.05, 0.1) is 0 Å². The van der Waals surface area contributed by atoms with Crippen molar-refractivity contribution in [3.8, 4) is 5.75 Å². The number of rotatable bonds is 4. The Labute approximate surface area is 127 Å². The number of benzene rings is 1. The van der Waals surface area contributed by atoms with Gasteiger partial charge in [-0.05, 0) is 77.0 Å². The second-order valence-corrected chi connectivity index (χ2v) is 6.17. The number of nitrogens with one attached hydrogen (secondary N) is 1. The zero-order valence-electron chi connectivity index (χ0n) is 13.5. The van der Waals surface area contributed by atoms with Gasteiger partial charge in [-0.3, -0.25) is 4.79 Å². The van der Waals surface area contributed by atoms with Crippen molar-refractivity contribution in [1.29, 1.82) is 0 Å². The fraction of sp³-hybridized carbons (Fsp3) is 0.588. The SMILES string of the molecule is Cc1cc(C)cc(O[C@H](C)C(=O)NC2CCN(C)CC2)c1. The van der Waals surface area contributed by atoms with Crippen LogP contribution in [0.4, 0.5) is 0 Å². The Balaban J connectivity index is 1.87. The van der Waals surface area contributed by atoms with Crippen LogP contribution in [0.3, 0.4) is 0 Å². The lowest BCUT2D eigenvalue weighted by Crippen LogP contribution is -2.47. The number of likely N-dealkylation sites (tertiary alicyclic amines) is 1. The van der Waals surface area contributed by atoms with Gasteiger partial charge in [0.2, 0.25) is 0 Å². The quantitative estimate of drug-likeness (QED) is 0.925. The molecule has 1 saturated heterocycles. The third-order valence-electron chi connectivity index (χ3n) is 3.94. The second kappa shape index (κ2) is 6.94. The van der Waals surface area contributed by atoms with E-state index in [1.165, 1.54) is 0 Å². The van der Waals surface area contributed by atoms with Crippen molar-refractivity contribution in [2.75, 3.05) is 20.1 Å². The van der Waals surface area contributed by atoms with Crippen LogP contribution < -0.4 is 10.1 Å². The zero-order chi connectivity index (χ0) is 15.4. The van der Waals surface area contributed by atoms with Crippen LogP contribution >= 0.6 is 0 Å². The van der Waals surface area contributed by atoms with E-state index in [0.717, 1.165) is 42.8 Å². The fourth-order valence-corrected chi connectivity index (χ4v) is 2.73. The van der Waals surface area contributed by atoms with Crippen LogP contribution in [0.15, 0.2) is 18.2 Å². The molecule has 4 heteroatoms. The highest BCUT2D eigenvalue weighted by atomic mass is 16.5. The van der Waals surface area contributed by atoms with Crippen LogP contribution in [-0.4, -0.2) is 43.1 Å². The van der Waals surface area contributed by atoms with Crippen LogP contribution in [-0.2, 0) is 4.79 Å². The maximum absolute atomic E-state index is 12.2. The van der Waals surface area contributed by atoms with Gasteiger partial charge in [0.25, 0.3) is 5.91 Å². The summed E-state index contributed by atoms with van der Waals surface area (Å²) in [6.45, 7) is 7.95. The van der Waals surface area contributed by atoms with Crippen molar-refractivity contribution >= 4 is 5.91 Å². The minimum absolute atomic E-state index is 0.0243. The van der Waals surface area contributed by atoms with Crippen molar-refractivity contribution < 1.29 is 9.53 Å². The molecule has 0 spiro atoms. The van der Waals surface area contributed by atoms with Gasteiger partial charge < -0.3 is 15.0 Å². The summed E-state index contributed by atoms with van der Waals surface area (Å²) in [6.07, 6.45) is 1.56. The summed E-state index contributed by atoms with van der Waals surface area (Å²) in [7, 11) is 2.11. The number of hydrogen-bond acceptors (Lipinski definition) is 3. The Morgan fingerprint density at radius 1 is 1.24 bits per heavy atom. The summed E-state index contributed by atoms with van der Waals surface area (Å²) >= 11 is 0. The molecule has 1 heterocycles. The van der Waals surface area contributed by atoms with Crippen molar-refractivity contribution in [3.63, 3.8) is 0 Å². The number of aryl methyl sites for hydroxylation is 2. The Bertz CT molecular complexity index is 473. The van der Waals surface area contributed by atoms with Crippen molar-refractivity contribution in [2.45, 2.75) is 45.8 Å². The molecule has 0 radical (unpaired) electrons. The zero-order valence-corrected chi connectivity index (χ0v) is 13.5. The maximum atomic E-state index is 12.2. The average molecular weight is 290 g/mol. The van der Waals surface area contributed by atoms with Crippen LogP contribution in [0.2, 0.25) is 0 Å². The molecule has 1 fully saturated rings. The molecule has 1 aromatic carbocycles. The van der Waals surface area contributed by atoms with Gasteiger partial charge >= 0.3 is 0 Å². The first-order chi connectivity index (χ1) is 9.94. The topological polar surface area (TPSA) is 41.6 Å². The summed E-state index contributed by atoms with van der Waals surface area (Å²) in [5.41, 5.74) is 2.29. The number of carbonyl (C=O) groups is 1. The third-order valence-corrected chi connectivity index (χ3v) is 3.94. The minimum atomic E-state index is -0.467. The normalized spacial score (nSPS) is 18.3. The monoisotopic (exact) mass is 290 g/mol. The van der Waals surface area contributed by atoms with E-state index in [-0.39, 0.29) is 11.9 Å². The number of piperidine rings is 1. The molecule has 4 nitrogen and oxygen atoms in total. The van der Waals surface area contributed by atoms with E-state index in [2.05, 4.69) is 23.3 Å². The largest absolute Gasteiger partial charge is 0.481 e. The molecule has 2 rings (SSSR count). The summed E-state index contributed by atoms with van der Waals surface area (Å²) < 4.78 is 5.78. The Morgan fingerprint density at radius 2 is 1.81 bits per heavy atom. The first kappa shape index (κ1) is 15.8. The summed E-state index contributed by atoms with van der Waals surface area (Å²) in [5.74, 6) is 0.738.